The highest BCUT2D eigenvalue weighted by molar-refractivity contribution is 7.98. The average molecular weight is 290 g/mol. The van der Waals surface area contributed by atoms with Gasteiger partial charge in [0.15, 0.2) is 0 Å². The maximum atomic E-state index is 11.0. The third kappa shape index (κ3) is 3.33. The predicted octanol–water partition coefficient (Wildman–Crippen LogP) is 2.98. The van der Waals surface area contributed by atoms with Crippen molar-refractivity contribution in [3.8, 4) is 0 Å². The van der Waals surface area contributed by atoms with Gasteiger partial charge in [-0.05, 0) is 11.6 Å². The van der Waals surface area contributed by atoms with E-state index in [2.05, 4.69) is 4.98 Å². The Balaban J connectivity index is 2.19. The van der Waals surface area contributed by atoms with Crippen LogP contribution < -0.4 is 0 Å². The van der Waals surface area contributed by atoms with Crippen molar-refractivity contribution in [2.24, 2.45) is 0 Å². The van der Waals surface area contributed by atoms with Crippen molar-refractivity contribution in [1.82, 2.24) is 4.98 Å². The van der Waals surface area contributed by atoms with E-state index in [1.807, 2.05) is 30.3 Å². The lowest BCUT2D eigenvalue weighted by Crippen LogP contribution is -2.03. The lowest BCUT2D eigenvalue weighted by Gasteiger charge is -2.03. The lowest BCUT2D eigenvalue weighted by atomic mass is 10.2. The van der Waals surface area contributed by atoms with Gasteiger partial charge < -0.3 is 5.11 Å². The molecule has 0 saturated heterocycles. The van der Waals surface area contributed by atoms with Gasteiger partial charge in [0.1, 0.15) is 11.8 Å². The molecule has 1 N–H and O–H groups in total. The van der Waals surface area contributed by atoms with Crippen molar-refractivity contribution < 1.29 is 14.8 Å². The van der Waals surface area contributed by atoms with Crippen LogP contribution in [-0.4, -0.2) is 21.0 Å². The van der Waals surface area contributed by atoms with Crippen LogP contribution in [-0.2, 0) is 5.75 Å². The van der Waals surface area contributed by atoms with Gasteiger partial charge >= 0.3 is 11.7 Å². The molecule has 6 nitrogen and oxygen atoms in total. The number of nitrogens with zero attached hydrogens (tertiary/aromatic N) is 2. The number of carboxylic acid groups (broad SMARTS) is 1. The van der Waals surface area contributed by atoms with E-state index in [4.69, 9.17) is 5.11 Å². The molecule has 0 saturated carbocycles. The number of nitro groups is 1. The minimum absolute atomic E-state index is 0.347. The molecule has 20 heavy (non-hydrogen) atoms. The quantitative estimate of drug-likeness (QED) is 0.517. The van der Waals surface area contributed by atoms with E-state index in [0.29, 0.717) is 10.8 Å². The third-order valence-electron chi connectivity index (χ3n) is 2.51. The molecule has 1 aromatic carbocycles. The van der Waals surface area contributed by atoms with Crippen LogP contribution in [0.2, 0.25) is 0 Å². The van der Waals surface area contributed by atoms with Gasteiger partial charge in [0.2, 0.25) is 0 Å². The first-order valence-corrected chi connectivity index (χ1v) is 6.61. The Hall–Kier alpha value is -2.41. The summed E-state index contributed by atoms with van der Waals surface area (Å²) in [6, 6.07) is 10.8. The van der Waals surface area contributed by atoms with Gasteiger partial charge in [0.25, 0.3) is 0 Å². The molecule has 1 heterocycles. The van der Waals surface area contributed by atoms with Gasteiger partial charge in [0, 0.05) is 5.75 Å². The second kappa shape index (κ2) is 6.16. The molecule has 0 radical (unpaired) electrons. The number of benzene rings is 1. The number of pyridine rings is 1. The van der Waals surface area contributed by atoms with Gasteiger partial charge in [0.05, 0.1) is 9.95 Å². The summed E-state index contributed by atoms with van der Waals surface area (Å²) in [5, 5.41) is 20.1. The second-order valence-electron chi connectivity index (χ2n) is 3.88. The van der Waals surface area contributed by atoms with Crippen molar-refractivity contribution in [2.45, 2.75) is 10.8 Å². The molecule has 2 rings (SSSR count). The van der Waals surface area contributed by atoms with Crippen LogP contribution in [0.5, 0.6) is 0 Å². The van der Waals surface area contributed by atoms with Crippen molar-refractivity contribution in [2.75, 3.05) is 0 Å². The largest absolute Gasteiger partial charge is 0.477 e. The van der Waals surface area contributed by atoms with Crippen LogP contribution in [0.4, 0.5) is 5.69 Å². The summed E-state index contributed by atoms with van der Waals surface area (Å²) in [5.74, 6) is -0.717. The van der Waals surface area contributed by atoms with Crippen LogP contribution in [0.1, 0.15) is 15.9 Å². The Morgan fingerprint density at radius 3 is 2.65 bits per heavy atom. The molecule has 0 atom stereocenters. The van der Waals surface area contributed by atoms with Crippen LogP contribution in [0.15, 0.2) is 47.6 Å². The van der Waals surface area contributed by atoms with E-state index in [-0.39, 0.29) is 5.56 Å². The number of thioether (sulfide) groups is 1. The van der Waals surface area contributed by atoms with Crippen molar-refractivity contribution in [1.29, 1.82) is 0 Å². The SMILES string of the molecule is O=C(O)c1cc(SCc2ccccc2)ncc1[N+](=O)[O-]. The number of aromatic carboxylic acids is 1. The minimum atomic E-state index is -1.33. The van der Waals surface area contributed by atoms with Gasteiger partial charge in [-0.1, -0.05) is 30.3 Å². The number of rotatable bonds is 5. The van der Waals surface area contributed by atoms with E-state index < -0.39 is 16.6 Å². The second-order valence-corrected chi connectivity index (χ2v) is 4.87. The molecular formula is C13H10N2O4S. The monoisotopic (exact) mass is 290 g/mol. The Labute approximate surface area is 118 Å². The molecule has 0 spiro atoms. The van der Waals surface area contributed by atoms with E-state index >= 15 is 0 Å². The summed E-state index contributed by atoms with van der Waals surface area (Å²) >= 11 is 1.33. The molecule has 0 bridgehead atoms. The first-order chi connectivity index (χ1) is 9.58. The van der Waals surface area contributed by atoms with Crippen LogP contribution in [0, 0.1) is 10.1 Å². The number of carbonyl (C=O) groups is 1. The number of hydrogen-bond acceptors (Lipinski definition) is 5. The highest BCUT2D eigenvalue weighted by Crippen LogP contribution is 2.25. The molecule has 0 amide bonds. The number of aromatic nitrogens is 1. The molecule has 0 unspecified atom stereocenters. The summed E-state index contributed by atoms with van der Waals surface area (Å²) in [4.78, 5) is 24.9. The molecule has 102 valence electrons. The lowest BCUT2D eigenvalue weighted by molar-refractivity contribution is -0.385. The zero-order valence-electron chi connectivity index (χ0n) is 10.2. The fraction of sp³-hybridized carbons (Fsp3) is 0.0769. The normalized spacial score (nSPS) is 10.2. The van der Waals surface area contributed by atoms with E-state index in [1.165, 1.54) is 17.8 Å². The summed E-state index contributed by atoms with van der Waals surface area (Å²) in [5.41, 5.74) is 0.219. The van der Waals surface area contributed by atoms with Crippen LogP contribution in [0.25, 0.3) is 0 Å². The Bertz CT molecular complexity index is 646. The standard InChI is InChI=1S/C13H10N2O4S/c16-13(17)10-6-12(14-7-11(10)15(18)19)20-8-9-4-2-1-3-5-9/h1-7H,8H2,(H,16,17). The molecule has 7 heteroatoms. The van der Waals surface area contributed by atoms with E-state index in [9.17, 15) is 14.9 Å². The van der Waals surface area contributed by atoms with Gasteiger partial charge in [-0.25, -0.2) is 9.78 Å². The smallest absolute Gasteiger partial charge is 0.342 e. The van der Waals surface area contributed by atoms with Crippen molar-refractivity contribution in [3.63, 3.8) is 0 Å². The fourth-order valence-corrected chi connectivity index (χ4v) is 2.39. The van der Waals surface area contributed by atoms with E-state index in [0.717, 1.165) is 11.8 Å². The van der Waals surface area contributed by atoms with Gasteiger partial charge in [-0.3, -0.25) is 10.1 Å². The van der Waals surface area contributed by atoms with Crippen LogP contribution >= 0.6 is 11.8 Å². The topological polar surface area (TPSA) is 93.3 Å². The summed E-state index contributed by atoms with van der Waals surface area (Å²) in [7, 11) is 0. The number of carboxylic acids is 1. The van der Waals surface area contributed by atoms with E-state index in [1.54, 1.807) is 0 Å². The minimum Gasteiger partial charge on any atom is -0.477 e. The Morgan fingerprint density at radius 2 is 2.05 bits per heavy atom. The molecule has 0 aliphatic heterocycles. The first kappa shape index (κ1) is 14.0. The fourth-order valence-electron chi connectivity index (χ4n) is 1.56. The summed E-state index contributed by atoms with van der Waals surface area (Å²) in [6.45, 7) is 0. The third-order valence-corrected chi connectivity index (χ3v) is 3.51. The zero-order valence-corrected chi connectivity index (χ0v) is 11.0. The number of hydrogen-bond donors (Lipinski definition) is 1. The van der Waals surface area contributed by atoms with Gasteiger partial charge in [-0.2, -0.15) is 0 Å². The Kier molecular flexibility index (Phi) is 4.31. The highest BCUT2D eigenvalue weighted by Gasteiger charge is 2.21. The predicted molar refractivity (Wildman–Crippen MR) is 73.9 cm³/mol. The van der Waals surface area contributed by atoms with Crippen molar-refractivity contribution in [3.05, 3.63) is 63.8 Å². The molecule has 2 aromatic rings. The first-order valence-electron chi connectivity index (χ1n) is 5.62. The molecule has 0 fully saturated rings. The van der Waals surface area contributed by atoms with Crippen molar-refractivity contribution >= 4 is 23.4 Å². The zero-order chi connectivity index (χ0) is 14.5. The van der Waals surface area contributed by atoms with Gasteiger partial charge in [-0.15, -0.1) is 11.8 Å². The molecule has 0 aliphatic carbocycles. The molecule has 1 aromatic heterocycles. The molecule has 0 aliphatic rings. The van der Waals surface area contributed by atoms with Crippen LogP contribution in [0.3, 0.4) is 0 Å². The highest BCUT2D eigenvalue weighted by atomic mass is 32.2. The molecular weight excluding hydrogens is 280 g/mol. The summed E-state index contributed by atoms with van der Waals surface area (Å²) < 4.78 is 0. The summed E-state index contributed by atoms with van der Waals surface area (Å²) in [6.07, 6.45) is 0.983. The maximum Gasteiger partial charge on any atom is 0.342 e. The Morgan fingerprint density at radius 1 is 1.35 bits per heavy atom. The maximum absolute atomic E-state index is 11.0. The average Bonchev–Trinajstić information content (AvgIpc) is 2.45.